The topological polar surface area (TPSA) is 51.7 Å². The van der Waals surface area contributed by atoms with Crippen LogP contribution in [0.2, 0.25) is 0 Å². The molecule has 2 fully saturated rings. The number of hydrogen-bond acceptors (Lipinski definition) is 3. The van der Waals surface area contributed by atoms with Crippen molar-refractivity contribution in [2.45, 2.75) is 83.0 Å². The Morgan fingerprint density at radius 3 is 2.27 bits per heavy atom. The number of nitrogens with zero attached hydrogens (tertiary/aromatic N) is 2. The maximum Gasteiger partial charge on any atom is 0.191 e. The van der Waals surface area contributed by atoms with E-state index in [-0.39, 0.29) is 29.5 Å². The number of halogens is 1. The number of benzene rings is 1. The van der Waals surface area contributed by atoms with E-state index in [1.807, 2.05) is 7.05 Å². The van der Waals surface area contributed by atoms with E-state index in [4.69, 9.17) is 0 Å². The molecule has 1 aliphatic heterocycles. The fourth-order valence-electron chi connectivity index (χ4n) is 4.53. The normalized spacial score (nSPS) is 19.8. The van der Waals surface area contributed by atoms with E-state index in [9.17, 15) is 0 Å². The second-order valence-electron chi connectivity index (χ2n) is 8.88. The molecule has 3 N–H and O–H groups in total. The van der Waals surface area contributed by atoms with Gasteiger partial charge in [-0.25, -0.2) is 0 Å². The van der Waals surface area contributed by atoms with Gasteiger partial charge in [0.1, 0.15) is 0 Å². The SMILES string of the molecule is CCC(CC)(CNC(=NC)NC1CCN(C2CC2)CC1)NC(C)c1ccccc1.I. The quantitative estimate of drug-likeness (QED) is 0.255. The number of nitrogens with one attached hydrogen (secondary N) is 3. The first-order valence-electron chi connectivity index (χ1n) is 11.6. The zero-order chi connectivity index (χ0) is 20.7. The molecule has 0 aromatic heterocycles. The molecule has 6 heteroatoms. The highest BCUT2D eigenvalue weighted by Gasteiger charge is 2.32. The molecule has 1 heterocycles. The molecule has 0 spiro atoms. The van der Waals surface area contributed by atoms with Gasteiger partial charge in [-0.05, 0) is 51.0 Å². The van der Waals surface area contributed by atoms with Crippen LogP contribution < -0.4 is 16.0 Å². The number of rotatable bonds is 9. The second-order valence-corrected chi connectivity index (χ2v) is 8.88. The van der Waals surface area contributed by atoms with Crippen LogP contribution in [0.25, 0.3) is 0 Å². The lowest BCUT2D eigenvalue weighted by atomic mass is 9.90. The Balaban J connectivity index is 0.00000320. The molecule has 0 bridgehead atoms. The van der Waals surface area contributed by atoms with Gasteiger partial charge in [0.2, 0.25) is 0 Å². The molecule has 0 radical (unpaired) electrons. The summed E-state index contributed by atoms with van der Waals surface area (Å²) in [5.74, 6) is 0.940. The molecular weight excluding hydrogens is 485 g/mol. The summed E-state index contributed by atoms with van der Waals surface area (Å²) < 4.78 is 0. The highest BCUT2D eigenvalue weighted by molar-refractivity contribution is 14.0. The first-order valence-corrected chi connectivity index (χ1v) is 11.6. The van der Waals surface area contributed by atoms with Crippen molar-refractivity contribution in [3.63, 3.8) is 0 Å². The van der Waals surface area contributed by atoms with Gasteiger partial charge in [-0.1, -0.05) is 44.2 Å². The molecule has 5 nitrogen and oxygen atoms in total. The van der Waals surface area contributed by atoms with Crippen molar-refractivity contribution in [2.75, 3.05) is 26.7 Å². The van der Waals surface area contributed by atoms with Crippen molar-refractivity contribution in [1.29, 1.82) is 0 Å². The number of piperidine rings is 1. The average molecular weight is 528 g/mol. The first-order chi connectivity index (χ1) is 14.1. The molecule has 1 aromatic carbocycles. The van der Waals surface area contributed by atoms with Crippen molar-refractivity contribution in [3.05, 3.63) is 35.9 Å². The van der Waals surface area contributed by atoms with Gasteiger partial charge in [-0.3, -0.25) is 4.99 Å². The Hall–Kier alpha value is -0.860. The third-order valence-electron chi connectivity index (χ3n) is 6.93. The molecule has 3 rings (SSSR count). The summed E-state index contributed by atoms with van der Waals surface area (Å²) in [7, 11) is 1.88. The molecule has 170 valence electrons. The van der Waals surface area contributed by atoms with Gasteiger partial charge >= 0.3 is 0 Å². The van der Waals surface area contributed by atoms with E-state index in [1.165, 1.54) is 44.3 Å². The lowest BCUT2D eigenvalue weighted by Crippen LogP contribution is -2.56. The zero-order valence-corrected chi connectivity index (χ0v) is 21.6. The van der Waals surface area contributed by atoms with E-state index in [1.54, 1.807) is 0 Å². The van der Waals surface area contributed by atoms with Crippen molar-refractivity contribution in [3.8, 4) is 0 Å². The van der Waals surface area contributed by atoms with Crippen LogP contribution in [0.15, 0.2) is 35.3 Å². The minimum Gasteiger partial charge on any atom is -0.355 e. The fraction of sp³-hybridized carbons (Fsp3) is 0.708. The maximum atomic E-state index is 4.51. The number of aliphatic imine (C=N–C) groups is 1. The monoisotopic (exact) mass is 527 g/mol. The number of likely N-dealkylation sites (tertiary alicyclic amines) is 1. The highest BCUT2D eigenvalue weighted by Crippen LogP contribution is 2.29. The summed E-state index contributed by atoms with van der Waals surface area (Å²) in [4.78, 5) is 7.18. The van der Waals surface area contributed by atoms with E-state index in [2.05, 4.69) is 76.9 Å². The van der Waals surface area contributed by atoms with E-state index in [0.29, 0.717) is 12.1 Å². The molecule has 1 unspecified atom stereocenters. The van der Waals surface area contributed by atoms with Crippen LogP contribution in [0.3, 0.4) is 0 Å². The first kappa shape index (κ1) is 25.4. The lowest BCUT2D eigenvalue weighted by Gasteiger charge is -2.38. The predicted octanol–water partition coefficient (Wildman–Crippen LogP) is 4.31. The molecule has 2 aliphatic rings. The van der Waals surface area contributed by atoms with Crippen molar-refractivity contribution >= 4 is 29.9 Å². The smallest absolute Gasteiger partial charge is 0.191 e. The van der Waals surface area contributed by atoms with Crippen LogP contribution in [0.5, 0.6) is 0 Å². The van der Waals surface area contributed by atoms with E-state index in [0.717, 1.165) is 31.4 Å². The van der Waals surface area contributed by atoms with Gasteiger partial charge in [-0.15, -0.1) is 24.0 Å². The van der Waals surface area contributed by atoms with Crippen LogP contribution in [-0.4, -0.2) is 55.2 Å². The molecule has 1 saturated heterocycles. The zero-order valence-electron chi connectivity index (χ0n) is 19.3. The minimum absolute atomic E-state index is 0. The molecule has 1 aromatic rings. The van der Waals surface area contributed by atoms with Crippen LogP contribution in [0.1, 0.15) is 70.9 Å². The molecular formula is C24H42IN5. The summed E-state index contributed by atoms with van der Waals surface area (Å²) in [6.45, 7) is 10.1. The highest BCUT2D eigenvalue weighted by atomic mass is 127. The summed E-state index contributed by atoms with van der Waals surface area (Å²) in [6, 6.07) is 12.5. The van der Waals surface area contributed by atoms with E-state index >= 15 is 0 Å². The molecule has 30 heavy (non-hydrogen) atoms. The summed E-state index contributed by atoms with van der Waals surface area (Å²) in [5.41, 5.74) is 1.38. The summed E-state index contributed by atoms with van der Waals surface area (Å²) >= 11 is 0. The third-order valence-corrected chi connectivity index (χ3v) is 6.93. The average Bonchev–Trinajstić information content (AvgIpc) is 3.62. The third kappa shape index (κ3) is 7.09. The van der Waals surface area contributed by atoms with Crippen LogP contribution in [-0.2, 0) is 0 Å². The fourth-order valence-corrected chi connectivity index (χ4v) is 4.53. The van der Waals surface area contributed by atoms with Crippen LogP contribution in [0, 0.1) is 0 Å². The second kappa shape index (κ2) is 12.2. The Morgan fingerprint density at radius 1 is 1.10 bits per heavy atom. The van der Waals surface area contributed by atoms with Crippen molar-refractivity contribution in [1.82, 2.24) is 20.9 Å². The van der Waals surface area contributed by atoms with Crippen LogP contribution >= 0.6 is 24.0 Å². The van der Waals surface area contributed by atoms with Gasteiger partial charge in [0.15, 0.2) is 5.96 Å². The maximum absolute atomic E-state index is 4.51. The molecule has 0 amide bonds. The standard InChI is InChI=1S/C24H41N5.HI/c1-5-24(6-2,28-19(3)20-10-8-7-9-11-20)18-26-23(25-4)27-21-14-16-29(17-15-21)22-12-13-22;/h7-11,19,21-22,28H,5-6,12-18H2,1-4H3,(H2,25,26,27);1H. The van der Waals surface area contributed by atoms with Gasteiger partial charge in [0.05, 0.1) is 0 Å². The summed E-state index contributed by atoms with van der Waals surface area (Å²) in [6.07, 6.45) is 7.40. The van der Waals surface area contributed by atoms with E-state index < -0.39 is 0 Å². The molecule has 1 atom stereocenters. The van der Waals surface area contributed by atoms with Crippen LogP contribution in [0.4, 0.5) is 0 Å². The van der Waals surface area contributed by atoms with Gasteiger partial charge in [0.25, 0.3) is 0 Å². The Labute approximate surface area is 200 Å². The van der Waals surface area contributed by atoms with Gasteiger partial charge < -0.3 is 20.9 Å². The Morgan fingerprint density at radius 2 is 1.73 bits per heavy atom. The minimum atomic E-state index is 0. The molecule has 1 aliphatic carbocycles. The van der Waals surface area contributed by atoms with Crippen molar-refractivity contribution < 1.29 is 0 Å². The summed E-state index contributed by atoms with van der Waals surface area (Å²) in [5, 5.41) is 11.2. The Bertz CT molecular complexity index is 634. The Kier molecular flexibility index (Phi) is 10.4. The number of hydrogen-bond donors (Lipinski definition) is 3. The van der Waals surface area contributed by atoms with Gasteiger partial charge in [0, 0.05) is 50.3 Å². The largest absolute Gasteiger partial charge is 0.355 e. The van der Waals surface area contributed by atoms with Crippen molar-refractivity contribution in [2.24, 2.45) is 4.99 Å². The predicted molar refractivity (Wildman–Crippen MR) is 139 cm³/mol. The lowest BCUT2D eigenvalue weighted by molar-refractivity contribution is 0.197. The van der Waals surface area contributed by atoms with Gasteiger partial charge in [-0.2, -0.15) is 0 Å². The molecule has 1 saturated carbocycles. The number of guanidine groups is 1.